The normalized spacial score (nSPS) is 24.9. The standard InChI is InChI=1S/C16H20FNO/c1-16(2)7-5-12(15(16)19)10-18-8-6-11-3-4-13(17)9-14(11)18/h3-4,9,12H,5-8,10H2,1-2H3. The van der Waals surface area contributed by atoms with Crippen molar-refractivity contribution < 1.29 is 9.18 Å². The van der Waals surface area contributed by atoms with Gasteiger partial charge in [0.15, 0.2) is 0 Å². The van der Waals surface area contributed by atoms with E-state index < -0.39 is 0 Å². The number of anilines is 1. The number of fused-ring (bicyclic) bond motifs is 1. The molecular weight excluding hydrogens is 241 g/mol. The van der Waals surface area contributed by atoms with Crippen LogP contribution in [0.25, 0.3) is 0 Å². The minimum atomic E-state index is -0.191. The molecule has 1 saturated carbocycles. The Morgan fingerprint density at radius 1 is 1.42 bits per heavy atom. The Balaban J connectivity index is 1.77. The lowest BCUT2D eigenvalue weighted by Crippen LogP contribution is -2.32. The van der Waals surface area contributed by atoms with Crippen LogP contribution in [0.4, 0.5) is 10.1 Å². The van der Waals surface area contributed by atoms with Crippen molar-refractivity contribution in [2.24, 2.45) is 11.3 Å². The SMILES string of the molecule is CC1(C)CCC(CN2CCc3ccc(F)cc32)C1=O. The van der Waals surface area contributed by atoms with Gasteiger partial charge in [-0.3, -0.25) is 4.79 Å². The lowest BCUT2D eigenvalue weighted by atomic mass is 9.89. The molecule has 102 valence electrons. The maximum atomic E-state index is 13.4. The minimum absolute atomic E-state index is 0.115. The molecule has 1 atom stereocenters. The Morgan fingerprint density at radius 3 is 2.89 bits per heavy atom. The van der Waals surface area contributed by atoms with Crippen LogP contribution in [-0.4, -0.2) is 18.9 Å². The average molecular weight is 261 g/mol. The molecule has 1 unspecified atom stereocenters. The monoisotopic (exact) mass is 261 g/mol. The molecule has 0 saturated heterocycles. The smallest absolute Gasteiger partial charge is 0.143 e. The summed E-state index contributed by atoms with van der Waals surface area (Å²) in [6.07, 6.45) is 2.90. The molecule has 19 heavy (non-hydrogen) atoms. The maximum Gasteiger partial charge on any atom is 0.143 e. The van der Waals surface area contributed by atoms with Crippen molar-refractivity contribution in [2.45, 2.75) is 33.1 Å². The molecule has 1 heterocycles. The van der Waals surface area contributed by atoms with E-state index in [1.807, 2.05) is 19.9 Å². The van der Waals surface area contributed by atoms with Crippen molar-refractivity contribution in [1.29, 1.82) is 0 Å². The highest BCUT2D eigenvalue weighted by Crippen LogP contribution is 2.39. The second-order valence-electron chi connectivity index (χ2n) is 6.45. The van der Waals surface area contributed by atoms with Crippen LogP contribution in [0.15, 0.2) is 18.2 Å². The van der Waals surface area contributed by atoms with Gasteiger partial charge in [0.1, 0.15) is 11.6 Å². The fourth-order valence-corrected chi connectivity index (χ4v) is 3.39. The van der Waals surface area contributed by atoms with Crippen LogP contribution in [0.2, 0.25) is 0 Å². The van der Waals surface area contributed by atoms with Crippen LogP contribution in [-0.2, 0) is 11.2 Å². The van der Waals surface area contributed by atoms with E-state index in [9.17, 15) is 9.18 Å². The van der Waals surface area contributed by atoms with E-state index in [2.05, 4.69) is 4.90 Å². The number of halogens is 1. The van der Waals surface area contributed by atoms with Crippen molar-refractivity contribution >= 4 is 11.5 Å². The van der Waals surface area contributed by atoms with E-state index in [-0.39, 0.29) is 17.2 Å². The minimum Gasteiger partial charge on any atom is -0.370 e. The van der Waals surface area contributed by atoms with E-state index in [0.717, 1.165) is 38.0 Å². The zero-order valence-corrected chi connectivity index (χ0v) is 11.6. The number of carbonyl (C=O) groups is 1. The number of Topliss-reactive ketones (excluding diaryl/α,β-unsaturated/α-hetero) is 1. The highest BCUT2D eigenvalue weighted by molar-refractivity contribution is 5.89. The summed E-state index contributed by atoms with van der Waals surface area (Å²) in [6.45, 7) is 5.72. The third-order valence-corrected chi connectivity index (χ3v) is 4.64. The van der Waals surface area contributed by atoms with Crippen LogP contribution in [0.3, 0.4) is 0 Å². The van der Waals surface area contributed by atoms with Gasteiger partial charge < -0.3 is 4.90 Å². The summed E-state index contributed by atoms with van der Waals surface area (Å²) in [5, 5.41) is 0. The molecule has 0 N–H and O–H groups in total. The van der Waals surface area contributed by atoms with Crippen LogP contribution in [0, 0.1) is 17.2 Å². The predicted octanol–water partition coefficient (Wildman–Crippen LogP) is 3.19. The fourth-order valence-electron chi connectivity index (χ4n) is 3.39. The van der Waals surface area contributed by atoms with Gasteiger partial charge >= 0.3 is 0 Å². The predicted molar refractivity (Wildman–Crippen MR) is 73.8 cm³/mol. The summed E-state index contributed by atoms with van der Waals surface area (Å²) in [5.41, 5.74) is 2.01. The molecule has 3 heteroatoms. The first-order valence-electron chi connectivity index (χ1n) is 7.05. The molecule has 0 spiro atoms. The van der Waals surface area contributed by atoms with Crippen LogP contribution >= 0.6 is 0 Å². The second kappa shape index (κ2) is 4.32. The molecule has 1 aliphatic heterocycles. The molecule has 0 bridgehead atoms. The van der Waals surface area contributed by atoms with Crippen LogP contribution < -0.4 is 4.90 Å². The van der Waals surface area contributed by atoms with Gasteiger partial charge in [0.25, 0.3) is 0 Å². The maximum absolute atomic E-state index is 13.4. The molecule has 1 fully saturated rings. The van der Waals surface area contributed by atoms with Crippen molar-refractivity contribution in [3.63, 3.8) is 0 Å². The molecule has 1 aliphatic carbocycles. The summed E-state index contributed by atoms with van der Waals surface area (Å²) < 4.78 is 13.4. The molecule has 3 rings (SSSR count). The van der Waals surface area contributed by atoms with E-state index in [1.165, 1.54) is 11.6 Å². The van der Waals surface area contributed by atoms with Gasteiger partial charge in [0.2, 0.25) is 0 Å². The van der Waals surface area contributed by atoms with Gasteiger partial charge in [0.05, 0.1) is 0 Å². The summed E-state index contributed by atoms with van der Waals surface area (Å²) in [6, 6.07) is 4.99. The summed E-state index contributed by atoms with van der Waals surface area (Å²) in [4.78, 5) is 14.5. The van der Waals surface area contributed by atoms with Gasteiger partial charge in [-0.25, -0.2) is 4.39 Å². The number of benzene rings is 1. The first-order valence-corrected chi connectivity index (χ1v) is 7.05. The zero-order chi connectivity index (χ0) is 13.6. The van der Waals surface area contributed by atoms with E-state index in [0.29, 0.717) is 5.78 Å². The summed E-state index contributed by atoms with van der Waals surface area (Å²) >= 11 is 0. The van der Waals surface area contributed by atoms with Crippen LogP contribution in [0.1, 0.15) is 32.3 Å². The van der Waals surface area contributed by atoms with Crippen molar-refractivity contribution in [3.05, 3.63) is 29.6 Å². The molecular formula is C16H20FNO. The lowest BCUT2D eigenvalue weighted by molar-refractivity contribution is -0.127. The topological polar surface area (TPSA) is 20.3 Å². The quantitative estimate of drug-likeness (QED) is 0.815. The number of carbonyl (C=O) groups excluding carboxylic acids is 1. The van der Waals surface area contributed by atoms with Gasteiger partial charge in [0, 0.05) is 30.1 Å². The van der Waals surface area contributed by atoms with Crippen molar-refractivity contribution in [3.8, 4) is 0 Å². The van der Waals surface area contributed by atoms with Crippen molar-refractivity contribution in [2.75, 3.05) is 18.0 Å². The average Bonchev–Trinajstić information content (AvgIpc) is 2.86. The lowest BCUT2D eigenvalue weighted by Gasteiger charge is -2.24. The molecule has 1 aromatic carbocycles. The fraction of sp³-hybridized carbons (Fsp3) is 0.562. The van der Waals surface area contributed by atoms with Gasteiger partial charge in [-0.2, -0.15) is 0 Å². The largest absolute Gasteiger partial charge is 0.370 e. The number of hydrogen-bond acceptors (Lipinski definition) is 2. The molecule has 2 aliphatic rings. The van der Waals surface area contributed by atoms with Crippen LogP contribution in [0.5, 0.6) is 0 Å². The second-order valence-corrected chi connectivity index (χ2v) is 6.45. The molecule has 1 aromatic rings. The zero-order valence-electron chi connectivity index (χ0n) is 11.6. The van der Waals surface area contributed by atoms with Gasteiger partial charge in [-0.1, -0.05) is 19.9 Å². The molecule has 2 nitrogen and oxygen atoms in total. The Bertz CT molecular complexity index is 523. The Morgan fingerprint density at radius 2 is 2.21 bits per heavy atom. The highest BCUT2D eigenvalue weighted by Gasteiger charge is 2.41. The van der Waals surface area contributed by atoms with Gasteiger partial charge in [-0.05, 0) is 37.0 Å². The molecule has 0 amide bonds. The van der Waals surface area contributed by atoms with Crippen molar-refractivity contribution in [1.82, 2.24) is 0 Å². The first-order chi connectivity index (χ1) is 8.97. The highest BCUT2D eigenvalue weighted by atomic mass is 19.1. The number of nitrogens with zero attached hydrogens (tertiary/aromatic N) is 1. The molecule has 0 radical (unpaired) electrons. The Hall–Kier alpha value is -1.38. The summed E-state index contributed by atoms with van der Waals surface area (Å²) in [7, 11) is 0. The molecule has 0 aromatic heterocycles. The Labute approximate surface area is 113 Å². The van der Waals surface area contributed by atoms with Gasteiger partial charge in [-0.15, -0.1) is 0 Å². The number of hydrogen-bond donors (Lipinski definition) is 0. The number of rotatable bonds is 2. The van der Waals surface area contributed by atoms with E-state index >= 15 is 0 Å². The third kappa shape index (κ3) is 2.15. The van der Waals surface area contributed by atoms with E-state index in [1.54, 1.807) is 6.07 Å². The van der Waals surface area contributed by atoms with E-state index in [4.69, 9.17) is 0 Å². The first kappa shape index (κ1) is 12.6. The number of ketones is 1. The Kier molecular flexibility index (Phi) is 2.88. The third-order valence-electron chi connectivity index (χ3n) is 4.64. The summed E-state index contributed by atoms with van der Waals surface area (Å²) in [5.74, 6) is 0.297.